The van der Waals surface area contributed by atoms with Crippen LogP contribution in [0.1, 0.15) is 47.0 Å². The van der Waals surface area contributed by atoms with E-state index in [1.54, 1.807) is 43.6 Å². The number of hydrogen-bond donors (Lipinski definition) is 3. The van der Waals surface area contributed by atoms with E-state index < -0.39 is 11.2 Å². The van der Waals surface area contributed by atoms with Crippen molar-refractivity contribution in [3.8, 4) is 0 Å². The van der Waals surface area contributed by atoms with E-state index in [1.165, 1.54) is 6.08 Å². The van der Waals surface area contributed by atoms with Gasteiger partial charge in [0.2, 0.25) is 0 Å². The van der Waals surface area contributed by atoms with E-state index in [0.29, 0.717) is 25.9 Å². The van der Waals surface area contributed by atoms with E-state index >= 15 is 0 Å². The molecule has 1 atom stereocenters. The molecule has 0 spiro atoms. The number of fused-ring (bicyclic) bond motifs is 1. The topological polar surface area (TPSA) is 111 Å². The van der Waals surface area contributed by atoms with Crippen LogP contribution in [-0.2, 0) is 0 Å². The maximum atomic E-state index is 12.9. The summed E-state index contributed by atoms with van der Waals surface area (Å²) in [6, 6.07) is -0.574. The zero-order chi connectivity index (χ0) is 19.0. The number of carbonyl (C=O) groups excluding carboxylic acids is 1. The average Bonchev–Trinajstić information content (AvgIpc) is 2.72. The monoisotopic (exact) mass is 354 g/mol. The van der Waals surface area contributed by atoms with Crippen LogP contribution >= 0.6 is 0 Å². The Hall–Kier alpha value is -1.61. The second-order valence-electron chi connectivity index (χ2n) is 7.99. The van der Waals surface area contributed by atoms with Gasteiger partial charge in [-0.15, -0.1) is 0 Å². The minimum Gasteiger partial charge on any atom is -0.734 e. The van der Waals surface area contributed by atoms with Crippen LogP contribution in [0.4, 0.5) is 4.79 Å². The molecule has 0 aromatic carbocycles. The summed E-state index contributed by atoms with van der Waals surface area (Å²) in [4.78, 5) is 16.1. The van der Waals surface area contributed by atoms with Crippen LogP contribution in [-0.4, -0.2) is 66.8 Å². The van der Waals surface area contributed by atoms with E-state index in [4.69, 9.17) is 0 Å². The highest BCUT2D eigenvalue weighted by molar-refractivity contribution is 5.81. The smallest absolute Gasteiger partial charge is 0.324 e. The van der Waals surface area contributed by atoms with Crippen molar-refractivity contribution in [2.75, 3.05) is 13.1 Å². The third kappa shape index (κ3) is 4.94. The van der Waals surface area contributed by atoms with Crippen molar-refractivity contribution in [1.29, 1.82) is 0 Å². The number of nitrogens with zero attached hydrogens (tertiary/aromatic N) is 3. The first-order valence-electron chi connectivity index (χ1n) is 8.49. The molecule has 0 bridgehead atoms. The zero-order valence-corrected chi connectivity index (χ0v) is 15.3. The zero-order valence-electron chi connectivity index (χ0n) is 15.3. The number of aliphatic hydroxyl groups is 2. The van der Waals surface area contributed by atoms with Gasteiger partial charge in [0.15, 0.2) is 0 Å². The molecule has 1 heterocycles. The number of hydroxylamine groups is 2. The summed E-state index contributed by atoms with van der Waals surface area (Å²) in [5.41, 5.74) is -0.891. The minimum absolute atomic E-state index is 0.175. The standard InChI is InChI=1S/C17H28N3O5/c1-16(2,22)7-9-18-13-6-5-12(20(24)25)11-14(13)19(15(18)21)10-8-17(3,4)23/h5-6,14,22-24H,7-11H2,1-4H3/q-1. The lowest BCUT2D eigenvalue weighted by atomic mass is 9.99. The normalized spacial score (nSPS) is 21.3. The molecule has 1 unspecified atom stereocenters. The second kappa shape index (κ2) is 6.95. The van der Waals surface area contributed by atoms with Gasteiger partial charge in [0.1, 0.15) is 0 Å². The third-order valence-corrected chi connectivity index (χ3v) is 4.51. The van der Waals surface area contributed by atoms with Crippen molar-refractivity contribution in [3.63, 3.8) is 0 Å². The highest BCUT2D eigenvalue weighted by Crippen LogP contribution is 2.35. The summed E-state index contributed by atoms with van der Waals surface area (Å²) >= 11 is 0. The van der Waals surface area contributed by atoms with E-state index in [1.807, 2.05) is 0 Å². The van der Waals surface area contributed by atoms with E-state index in [9.17, 15) is 25.4 Å². The molecular formula is C17H28N3O5-. The van der Waals surface area contributed by atoms with Crippen molar-refractivity contribution in [2.45, 2.75) is 64.2 Å². The van der Waals surface area contributed by atoms with Crippen LogP contribution < -0.4 is 0 Å². The van der Waals surface area contributed by atoms with Crippen molar-refractivity contribution < 1.29 is 20.2 Å². The second-order valence-corrected chi connectivity index (χ2v) is 7.99. The van der Waals surface area contributed by atoms with Crippen LogP contribution in [0.2, 0.25) is 0 Å². The lowest BCUT2D eigenvalue weighted by Gasteiger charge is -2.33. The fourth-order valence-electron chi connectivity index (χ4n) is 3.00. The lowest BCUT2D eigenvalue weighted by molar-refractivity contribution is -0.0100. The highest BCUT2D eigenvalue weighted by Gasteiger charge is 2.43. The fraction of sp³-hybridized carbons (Fsp3) is 0.706. The molecule has 2 rings (SSSR count). The van der Waals surface area contributed by atoms with E-state index in [2.05, 4.69) is 0 Å². The van der Waals surface area contributed by atoms with Gasteiger partial charge in [-0.1, -0.05) is 0 Å². The predicted molar refractivity (Wildman–Crippen MR) is 92.2 cm³/mol. The number of amides is 2. The Morgan fingerprint density at radius 3 is 2.24 bits per heavy atom. The molecule has 0 saturated carbocycles. The molecule has 3 N–H and O–H groups in total. The molecule has 1 aliphatic heterocycles. The predicted octanol–water partition coefficient (Wildman–Crippen LogP) is 1.78. The first kappa shape index (κ1) is 19.7. The molecular weight excluding hydrogens is 326 g/mol. The largest absolute Gasteiger partial charge is 0.734 e. The van der Waals surface area contributed by atoms with Gasteiger partial charge in [0.25, 0.3) is 0 Å². The van der Waals surface area contributed by atoms with Gasteiger partial charge >= 0.3 is 6.03 Å². The third-order valence-electron chi connectivity index (χ3n) is 4.51. The Balaban J connectivity index is 2.23. The van der Waals surface area contributed by atoms with Gasteiger partial charge in [0, 0.05) is 30.9 Å². The molecule has 0 aromatic heterocycles. The van der Waals surface area contributed by atoms with Gasteiger partial charge in [0.05, 0.1) is 17.2 Å². The summed E-state index contributed by atoms with van der Waals surface area (Å²) < 4.78 is 0. The Morgan fingerprint density at radius 1 is 1.16 bits per heavy atom. The van der Waals surface area contributed by atoms with Gasteiger partial charge in [-0.25, -0.2) is 4.79 Å². The van der Waals surface area contributed by atoms with Crippen LogP contribution in [0.25, 0.3) is 0 Å². The van der Waals surface area contributed by atoms with E-state index in [0.717, 1.165) is 5.70 Å². The number of carbonyl (C=O) groups is 1. The van der Waals surface area contributed by atoms with Crippen LogP contribution in [0, 0.1) is 5.21 Å². The Morgan fingerprint density at radius 2 is 1.72 bits per heavy atom. The van der Waals surface area contributed by atoms with Crippen LogP contribution in [0.3, 0.4) is 0 Å². The molecule has 8 heteroatoms. The average molecular weight is 354 g/mol. The Kier molecular flexibility index (Phi) is 5.48. The maximum absolute atomic E-state index is 12.9. The summed E-state index contributed by atoms with van der Waals surface area (Å²) in [6.07, 6.45) is 4.18. The minimum atomic E-state index is -0.917. The first-order valence-corrected chi connectivity index (χ1v) is 8.49. The maximum Gasteiger partial charge on any atom is 0.324 e. The molecule has 1 aliphatic carbocycles. The number of urea groups is 1. The van der Waals surface area contributed by atoms with Gasteiger partial charge < -0.3 is 25.5 Å². The molecule has 142 valence electrons. The molecule has 0 radical (unpaired) electrons. The first-order chi connectivity index (χ1) is 11.4. The quantitative estimate of drug-likeness (QED) is 0.601. The van der Waals surface area contributed by atoms with Gasteiger partial charge in [-0.05, 0) is 52.7 Å². The molecule has 1 saturated heterocycles. The Bertz CT molecular complexity index is 572. The van der Waals surface area contributed by atoms with Crippen LogP contribution in [0.5, 0.6) is 0 Å². The Labute approximate surface area is 148 Å². The van der Waals surface area contributed by atoms with Gasteiger partial charge in [-0.3, -0.25) is 10.1 Å². The summed E-state index contributed by atoms with van der Waals surface area (Å²) in [7, 11) is 0. The molecule has 2 aliphatic rings. The summed E-state index contributed by atoms with van der Waals surface area (Å²) in [6.45, 7) is 7.41. The lowest BCUT2D eigenvalue weighted by Crippen LogP contribution is -2.40. The highest BCUT2D eigenvalue weighted by atomic mass is 16.8. The molecule has 2 amide bonds. The SMILES string of the molecule is CC(C)(O)CCN1C(=O)N(CCC(C)(C)O)C2CC(N([O-])O)=CC=C21. The molecule has 1 fully saturated rings. The fourth-order valence-corrected chi connectivity index (χ4v) is 3.00. The van der Waals surface area contributed by atoms with Crippen molar-refractivity contribution in [2.24, 2.45) is 0 Å². The number of hydrogen-bond acceptors (Lipinski definition) is 6. The summed E-state index contributed by atoms with van der Waals surface area (Å²) in [5, 5.41) is 40.1. The van der Waals surface area contributed by atoms with Crippen molar-refractivity contribution in [3.05, 3.63) is 28.8 Å². The van der Waals surface area contributed by atoms with Gasteiger partial charge in [-0.2, -0.15) is 0 Å². The van der Waals surface area contributed by atoms with Crippen molar-refractivity contribution in [1.82, 2.24) is 15.0 Å². The summed E-state index contributed by atoms with van der Waals surface area (Å²) in [5.74, 6) is 0. The molecule has 25 heavy (non-hydrogen) atoms. The van der Waals surface area contributed by atoms with Crippen LogP contribution in [0.15, 0.2) is 23.5 Å². The van der Waals surface area contributed by atoms with E-state index in [-0.39, 0.29) is 29.4 Å². The molecule has 8 nitrogen and oxygen atoms in total. The number of allylic oxidation sites excluding steroid dienone is 2. The molecule has 0 aromatic rings. The number of rotatable bonds is 7. The van der Waals surface area contributed by atoms with Crippen molar-refractivity contribution >= 4 is 6.03 Å².